The highest BCUT2D eigenvalue weighted by atomic mass is 32.1. The maximum Gasteiger partial charge on any atom is 0.0644 e. The van der Waals surface area contributed by atoms with Crippen LogP contribution < -0.4 is 5.32 Å². The molecule has 0 aliphatic rings. The van der Waals surface area contributed by atoms with Crippen LogP contribution in [0.25, 0.3) is 0 Å². The third-order valence-electron chi connectivity index (χ3n) is 3.07. The second-order valence-corrected chi connectivity index (χ2v) is 6.00. The number of ether oxygens (including phenoxy) is 2. The van der Waals surface area contributed by atoms with Gasteiger partial charge in [-0.25, -0.2) is 0 Å². The van der Waals surface area contributed by atoms with Gasteiger partial charge in [0.25, 0.3) is 0 Å². The molecule has 0 aromatic carbocycles. The Morgan fingerprint density at radius 2 is 2.17 bits per heavy atom. The smallest absolute Gasteiger partial charge is 0.0644 e. The highest BCUT2D eigenvalue weighted by Crippen LogP contribution is 2.17. The Morgan fingerprint density at radius 1 is 1.39 bits per heavy atom. The number of thiophene rings is 1. The van der Waals surface area contributed by atoms with Gasteiger partial charge in [-0.2, -0.15) is 0 Å². The molecule has 4 heteroatoms. The lowest BCUT2D eigenvalue weighted by Crippen LogP contribution is -2.26. The number of nitrogens with one attached hydrogen (secondary N) is 1. The van der Waals surface area contributed by atoms with E-state index in [-0.39, 0.29) is 5.60 Å². The van der Waals surface area contributed by atoms with Gasteiger partial charge in [0.05, 0.1) is 12.2 Å². The molecule has 1 atom stereocenters. The molecule has 0 saturated carbocycles. The summed E-state index contributed by atoms with van der Waals surface area (Å²) in [6.45, 7) is 8.71. The lowest BCUT2D eigenvalue weighted by molar-refractivity contribution is -0.00948. The molecule has 0 spiro atoms. The van der Waals surface area contributed by atoms with E-state index in [2.05, 4.69) is 43.6 Å². The lowest BCUT2D eigenvalue weighted by Gasteiger charge is -2.22. The van der Waals surface area contributed by atoms with Gasteiger partial charge in [0, 0.05) is 31.2 Å². The van der Waals surface area contributed by atoms with Gasteiger partial charge in [-0.3, -0.25) is 0 Å². The molecule has 1 unspecified atom stereocenters. The first-order chi connectivity index (χ1) is 8.55. The first kappa shape index (κ1) is 15.6. The predicted octanol–water partition coefficient (Wildman–Crippen LogP) is 3.23. The van der Waals surface area contributed by atoms with Crippen molar-refractivity contribution in [1.29, 1.82) is 0 Å². The van der Waals surface area contributed by atoms with Gasteiger partial charge in [-0.1, -0.05) is 6.07 Å². The maximum atomic E-state index is 5.60. The van der Waals surface area contributed by atoms with Crippen LogP contribution >= 0.6 is 11.3 Å². The quantitative estimate of drug-likeness (QED) is 0.700. The summed E-state index contributed by atoms with van der Waals surface area (Å²) < 4.78 is 10.9. The van der Waals surface area contributed by atoms with E-state index in [1.54, 1.807) is 18.4 Å². The first-order valence-corrected chi connectivity index (χ1v) is 7.33. The van der Waals surface area contributed by atoms with Crippen LogP contribution in [0.1, 0.15) is 38.1 Å². The van der Waals surface area contributed by atoms with Crippen LogP contribution in [-0.2, 0) is 9.47 Å². The van der Waals surface area contributed by atoms with Crippen molar-refractivity contribution in [2.45, 2.75) is 38.8 Å². The number of rotatable bonds is 9. The molecule has 0 amide bonds. The molecular formula is C14H25NO2S. The van der Waals surface area contributed by atoms with Gasteiger partial charge < -0.3 is 14.8 Å². The van der Waals surface area contributed by atoms with Gasteiger partial charge in [0.2, 0.25) is 0 Å². The van der Waals surface area contributed by atoms with Crippen LogP contribution in [0.2, 0.25) is 0 Å². The van der Waals surface area contributed by atoms with Crippen molar-refractivity contribution in [2.24, 2.45) is 0 Å². The Balaban J connectivity index is 2.02. The fourth-order valence-corrected chi connectivity index (χ4v) is 2.27. The van der Waals surface area contributed by atoms with E-state index < -0.39 is 0 Å². The molecule has 0 saturated heterocycles. The molecule has 0 fully saturated rings. The Kier molecular flexibility index (Phi) is 6.86. The Morgan fingerprint density at radius 3 is 2.78 bits per heavy atom. The average Bonchev–Trinajstić information content (AvgIpc) is 2.87. The lowest BCUT2D eigenvalue weighted by atomic mass is 10.1. The van der Waals surface area contributed by atoms with Crippen LogP contribution in [-0.4, -0.2) is 32.5 Å². The molecule has 0 aliphatic carbocycles. The fourth-order valence-electron chi connectivity index (χ4n) is 1.51. The molecule has 1 heterocycles. The maximum absolute atomic E-state index is 5.60. The number of hydrogen-bond donors (Lipinski definition) is 1. The third-order valence-corrected chi connectivity index (χ3v) is 4.12. The summed E-state index contributed by atoms with van der Waals surface area (Å²) in [5.74, 6) is 0. The topological polar surface area (TPSA) is 30.5 Å². The monoisotopic (exact) mass is 271 g/mol. The summed E-state index contributed by atoms with van der Waals surface area (Å²) in [4.78, 5) is 1.37. The summed E-state index contributed by atoms with van der Waals surface area (Å²) >= 11 is 1.79. The van der Waals surface area contributed by atoms with Crippen molar-refractivity contribution in [3.63, 3.8) is 0 Å². The molecule has 1 aromatic rings. The number of methoxy groups -OCH3 is 1. The highest BCUT2D eigenvalue weighted by Gasteiger charge is 2.15. The third kappa shape index (κ3) is 5.96. The van der Waals surface area contributed by atoms with Gasteiger partial charge >= 0.3 is 0 Å². The standard InChI is InChI=1S/C14H25NO2S/c1-12(13-6-5-11-18-13)15-8-10-17-9-7-14(2,3)16-4/h5-6,11-12,15H,7-10H2,1-4H3. The molecular weight excluding hydrogens is 246 g/mol. The molecule has 1 N–H and O–H groups in total. The zero-order chi connectivity index (χ0) is 13.4. The summed E-state index contributed by atoms with van der Waals surface area (Å²) in [6.07, 6.45) is 0.921. The van der Waals surface area contributed by atoms with Gasteiger partial charge in [0.1, 0.15) is 0 Å². The van der Waals surface area contributed by atoms with Gasteiger partial charge in [0.15, 0.2) is 0 Å². The molecule has 104 valence electrons. The van der Waals surface area contributed by atoms with Crippen LogP contribution in [0.5, 0.6) is 0 Å². The SMILES string of the molecule is COC(C)(C)CCOCCNC(C)c1cccs1. The highest BCUT2D eigenvalue weighted by molar-refractivity contribution is 7.10. The van der Waals surface area contributed by atoms with Gasteiger partial charge in [-0.05, 0) is 38.6 Å². The van der Waals surface area contributed by atoms with Crippen molar-refractivity contribution >= 4 is 11.3 Å². The van der Waals surface area contributed by atoms with E-state index >= 15 is 0 Å². The van der Waals surface area contributed by atoms with Crippen LogP contribution in [0.15, 0.2) is 17.5 Å². The van der Waals surface area contributed by atoms with Crippen LogP contribution in [0.3, 0.4) is 0 Å². The van der Waals surface area contributed by atoms with E-state index in [0.717, 1.165) is 26.2 Å². The van der Waals surface area contributed by atoms with E-state index in [4.69, 9.17) is 9.47 Å². The predicted molar refractivity (Wildman–Crippen MR) is 77.3 cm³/mol. The zero-order valence-electron chi connectivity index (χ0n) is 11.9. The average molecular weight is 271 g/mol. The zero-order valence-corrected chi connectivity index (χ0v) is 12.7. The second kappa shape index (κ2) is 7.89. The summed E-state index contributed by atoms with van der Waals surface area (Å²) in [6, 6.07) is 4.65. The van der Waals surface area contributed by atoms with Gasteiger partial charge in [-0.15, -0.1) is 11.3 Å². The van der Waals surface area contributed by atoms with Crippen molar-refractivity contribution in [3.05, 3.63) is 22.4 Å². The van der Waals surface area contributed by atoms with E-state index in [1.807, 2.05) is 0 Å². The van der Waals surface area contributed by atoms with Crippen molar-refractivity contribution in [1.82, 2.24) is 5.32 Å². The molecule has 0 aliphatic heterocycles. The minimum absolute atomic E-state index is 0.0856. The van der Waals surface area contributed by atoms with Crippen molar-refractivity contribution in [3.8, 4) is 0 Å². The van der Waals surface area contributed by atoms with E-state index in [1.165, 1.54) is 4.88 Å². The Labute approximate surface area is 114 Å². The normalized spacial score (nSPS) is 13.8. The van der Waals surface area contributed by atoms with E-state index in [0.29, 0.717) is 6.04 Å². The molecule has 0 radical (unpaired) electrons. The first-order valence-electron chi connectivity index (χ1n) is 6.45. The fraction of sp³-hybridized carbons (Fsp3) is 0.714. The molecule has 1 aromatic heterocycles. The largest absolute Gasteiger partial charge is 0.380 e. The van der Waals surface area contributed by atoms with E-state index in [9.17, 15) is 0 Å². The van der Waals surface area contributed by atoms with Crippen LogP contribution in [0.4, 0.5) is 0 Å². The summed E-state index contributed by atoms with van der Waals surface area (Å²) in [5, 5.41) is 5.56. The summed E-state index contributed by atoms with van der Waals surface area (Å²) in [7, 11) is 1.74. The Hall–Kier alpha value is -0.420. The van der Waals surface area contributed by atoms with Crippen LogP contribution in [0, 0.1) is 0 Å². The molecule has 0 bridgehead atoms. The molecule has 18 heavy (non-hydrogen) atoms. The van der Waals surface area contributed by atoms with Crippen molar-refractivity contribution in [2.75, 3.05) is 26.9 Å². The molecule has 3 nitrogen and oxygen atoms in total. The minimum atomic E-state index is -0.0856. The Bertz CT molecular complexity index is 312. The second-order valence-electron chi connectivity index (χ2n) is 5.02. The number of hydrogen-bond acceptors (Lipinski definition) is 4. The molecule has 1 rings (SSSR count). The van der Waals surface area contributed by atoms with Crippen molar-refractivity contribution < 1.29 is 9.47 Å². The minimum Gasteiger partial charge on any atom is -0.380 e. The summed E-state index contributed by atoms with van der Waals surface area (Å²) in [5.41, 5.74) is -0.0856.